The molecular weight excluding hydrogens is 652 g/mol. The van der Waals surface area contributed by atoms with Crippen molar-refractivity contribution in [3.8, 4) is 11.8 Å². The van der Waals surface area contributed by atoms with Gasteiger partial charge in [-0.1, -0.05) is 23.7 Å². The number of piperazine rings is 1. The number of benzene rings is 3. The van der Waals surface area contributed by atoms with Gasteiger partial charge in [-0.05, 0) is 74.0 Å². The van der Waals surface area contributed by atoms with E-state index in [2.05, 4.69) is 16.8 Å². The summed E-state index contributed by atoms with van der Waals surface area (Å²) in [6.07, 6.45) is 1.09. The smallest absolute Gasteiger partial charge is 0.271 e. The summed E-state index contributed by atoms with van der Waals surface area (Å²) in [5, 5.41) is 9.62. The summed E-state index contributed by atoms with van der Waals surface area (Å²) >= 11 is 6.63. The van der Waals surface area contributed by atoms with Gasteiger partial charge in [0, 0.05) is 69.5 Å². The van der Waals surface area contributed by atoms with Crippen LogP contribution < -0.4 is 9.04 Å². The molecule has 0 spiro atoms. The minimum Gasteiger partial charge on any atom is -0.496 e. The van der Waals surface area contributed by atoms with Crippen molar-refractivity contribution in [2.24, 2.45) is 0 Å². The Morgan fingerprint density at radius 3 is 2.38 bits per heavy atom. The fourth-order valence-electron chi connectivity index (χ4n) is 7.20. The Morgan fingerprint density at radius 2 is 1.73 bits per heavy atom. The zero-order valence-electron chi connectivity index (χ0n) is 27.5. The molecule has 2 amide bonds. The monoisotopic (exact) mass is 690 g/mol. The minimum absolute atomic E-state index is 0.139. The standard InChI is InChI=1S/C35H39ClN6O5S/c1-38(2)33(43)31-6-5-15-41(31)35(28-13-9-25(20-32(28)47-4)23-40-18-16-39(3)17-19-40)29-21-26(36)10-14-30(29)42(34(35)44)48(45,46)27-11-7-24(22-37)8-12-27/h7-14,20-21,31H,5-6,15-19,23H2,1-4H3/t31-,35?/m0/s1. The van der Waals surface area contributed by atoms with E-state index in [-0.39, 0.29) is 22.1 Å². The summed E-state index contributed by atoms with van der Waals surface area (Å²) in [5.74, 6) is -0.545. The van der Waals surface area contributed by atoms with E-state index in [0.717, 1.165) is 36.0 Å². The van der Waals surface area contributed by atoms with Gasteiger partial charge in [0.1, 0.15) is 5.75 Å². The van der Waals surface area contributed by atoms with Gasteiger partial charge < -0.3 is 14.5 Å². The van der Waals surface area contributed by atoms with Crippen molar-refractivity contribution in [3.63, 3.8) is 0 Å². The Labute approximate surface area is 286 Å². The van der Waals surface area contributed by atoms with E-state index in [1.54, 1.807) is 26.2 Å². The maximum absolute atomic E-state index is 15.4. The van der Waals surface area contributed by atoms with E-state index in [1.807, 2.05) is 29.2 Å². The van der Waals surface area contributed by atoms with Crippen molar-refractivity contribution < 1.29 is 22.7 Å². The van der Waals surface area contributed by atoms with Crippen molar-refractivity contribution in [1.82, 2.24) is 19.6 Å². The van der Waals surface area contributed by atoms with E-state index in [9.17, 15) is 18.5 Å². The lowest BCUT2D eigenvalue weighted by Gasteiger charge is -2.42. The van der Waals surface area contributed by atoms with Gasteiger partial charge in [-0.25, -0.2) is 12.7 Å². The van der Waals surface area contributed by atoms with Gasteiger partial charge in [0.25, 0.3) is 15.9 Å². The molecule has 11 nitrogen and oxygen atoms in total. The molecule has 6 rings (SSSR count). The molecule has 3 aromatic rings. The van der Waals surface area contributed by atoms with Crippen LogP contribution in [0, 0.1) is 11.3 Å². The van der Waals surface area contributed by atoms with E-state index < -0.39 is 27.5 Å². The minimum atomic E-state index is -4.50. The average Bonchev–Trinajstić information content (AvgIpc) is 3.66. The number of amides is 2. The number of methoxy groups -OCH3 is 1. The number of likely N-dealkylation sites (N-methyl/N-ethyl adjacent to an activating group) is 2. The predicted molar refractivity (Wildman–Crippen MR) is 182 cm³/mol. The molecule has 3 aliphatic rings. The molecule has 252 valence electrons. The first-order valence-electron chi connectivity index (χ1n) is 15.9. The van der Waals surface area contributed by atoms with Crippen molar-refractivity contribution in [2.45, 2.75) is 35.9 Å². The molecule has 0 saturated carbocycles. The van der Waals surface area contributed by atoms with Crippen LogP contribution in [0.2, 0.25) is 5.02 Å². The molecule has 2 fully saturated rings. The first kappa shape index (κ1) is 33.9. The first-order chi connectivity index (χ1) is 22.9. The Hall–Kier alpha value is -3.99. The van der Waals surface area contributed by atoms with E-state index in [1.165, 1.54) is 42.3 Å². The molecule has 3 aliphatic heterocycles. The Bertz CT molecular complexity index is 1890. The molecule has 2 saturated heterocycles. The number of ether oxygens (including phenoxy) is 1. The van der Waals surface area contributed by atoms with Crippen molar-refractivity contribution in [3.05, 3.63) is 87.9 Å². The molecule has 1 unspecified atom stereocenters. The topological polar surface area (TPSA) is 118 Å². The fraction of sp³-hybridized carbons (Fsp3) is 0.400. The van der Waals surface area contributed by atoms with Crippen LogP contribution >= 0.6 is 11.6 Å². The first-order valence-corrected chi connectivity index (χ1v) is 17.7. The van der Waals surface area contributed by atoms with Gasteiger partial charge in [-0.2, -0.15) is 5.26 Å². The number of halogens is 1. The molecule has 0 aromatic heterocycles. The zero-order chi connectivity index (χ0) is 34.4. The largest absolute Gasteiger partial charge is 0.496 e. The summed E-state index contributed by atoms with van der Waals surface area (Å²) in [4.78, 5) is 36.9. The van der Waals surface area contributed by atoms with Gasteiger partial charge in [-0.15, -0.1) is 0 Å². The lowest BCUT2D eigenvalue weighted by molar-refractivity contribution is -0.138. The summed E-state index contributed by atoms with van der Waals surface area (Å²) < 4.78 is 35.8. The fourth-order valence-corrected chi connectivity index (χ4v) is 8.84. The number of rotatable bonds is 8. The molecule has 0 aliphatic carbocycles. The van der Waals surface area contributed by atoms with Crippen LogP contribution in [0.15, 0.2) is 65.6 Å². The summed E-state index contributed by atoms with van der Waals surface area (Å²) in [5.41, 5.74) is 0.408. The number of carbonyl (C=O) groups excluding carboxylic acids is 2. The maximum atomic E-state index is 15.4. The molecule has 3 aromatic carbocycles. The van der Waals surface area contributed by atoms with Crippen LogP contribution in [-0.4, -0.2) is 107 Å². The number of hydrogen-bond acceptors (Lipinski definition) is 9. The van der Waals surface area contributed by atoms with Crippen LogP contribution in [0.25, 0.3) is 0 Å². The summed E-state index contributed by atoms with van der Waals surface area (Å²) in [6.45, 7) is 4.78. The van der Waals surface area contributed by atoms with E-state index >= 15 is 4.79 Å². The third-order valence-corrected chi connectivity index (χ3v) is 11.6. The summed E-state index contributed by atoms with van der Waals surface area (Å²) in [6, 6.07) is 17.1. The average molecular weight is 691 g/mol. The second-order valence-electron chi connectivity index (χ2n) is 12.8. The number of fused-ring (bicyclic) bond motifs is 1. The molecule has 2 atom stereocenters. The van der Waals surface area contributed by atoms with Gasteiger partial charge >= 0.3 is 0 Å². The number of carbonyl (C=O) groups is 2. The molecule has 0 N–H and O–H groups in total. The van der Waals surface area contributed by atoms with Gasteiger partial charge in [-0.3, -0.25) is 19.4 Å². The molecule has 48 heavy (non-hydrogen) atoms. The van der Waals surface area contributed by atoms with Crippen molar-refractivity contribution in [1.29, 1.82) is 5.26 Å². The third kappa shape index (κ3) is 5.63. The molecule has 0 bridgehead atoms. The summed E-state index contributed by atoms with van der Waals surface area (Å²) in [7, 11) is 2.48. The number of likely N-dealkylation sites (tertiary alicyclic amines) is 1. The lowest BCUT2D eigenvalue weighted by Crippen LogP contribution is -2.59. The number of anilines is 1. The van der Waals surface area contributed by atoms with Crippen LogP contribution in [-0.2, 0) is 31.7 Å². The Kier molecular flexibility index (Phi) is 9.28. The van der Waals surface area contributed by atoms with E-state index in [0.29, 0.717) is 47.8 Å². The van der Waals surface area contributed by atoms with E-state index in [4.69, 9.17) is 16.3 Å². The zero-order valence-corrected chi connectivity index (χ0v) is 29.1. The number of nitrogens with zero attached hydrogens (tertiary/aromatic N) is 6. The van der Waals surface area contributed by atoms with Crippen LogP contribution in [0.5, 0.6) is 5.75 Å². The van der Waals surface area contributed by atoms with Crippen LogP contribution in [0.4, 0.5) is 5.69 Å². The van der Waals surface area contributed by atoms with Gasteiger partial charge in [0.15, 0.2) is 5.54 Å². The molecule has 13 heteroatoms. The number of nitriles is 1. The second kappa shape index (κ2) is 13.1. The van der Waals surface area contributed by atoms with Crippen LogP contribution in [0.3, 0.4) is 0 Å². The van der Waals surface area contributed by atoms with Gasteiger partial charge in [0.05, 0.1) is 35.4 Å². The predicted octanol–water partition coefficient (Wildman–Crippen LogP) is 3.50. The SMILES string of the molecule is COc1cc(CN2CCN(C)CC2)ccc1C1(N2CCC[C@H]2C(=O)N(C)C)C(=O)N(S(=O)(=O)c2ccc(C#N)cc2)c2ccc(Cl)cc21. The third-order valence-electron chi connectivity index (χ3n) is 9.65. The highest BCUT2D eigenvalue weighted by molar-refractivity contribution is 7.93. The highest BCUT2D eigenvalue weighted by Gasteiger charge is 2.63. The Balaban J connectivity index is 1.57. The quantitative estimate of drug-likeness (QED) is 0.350. The highest BCUT2D eigenvalue weighted by atomic mass is 35.5. The maximum Gasteiger partial charge on any atom is 0.271 e. The van der Waals surface area contributed by atoms with Crippen LogP contribution in [0.1, 0.15) is 35.1 Å². The second-order valence-corrected chi connectivity index (χ2v) is 15.0. The normalized spacial score (nSPS) is 22.0. The Morgan fingerprint density at radius 1 is 1.02 bits per heavy atom. The van der Waals surface area contributed by atoms with Crippen molar-refractivity contribution >= 4 is 39.1 Å². The van der Waals surface area contributed by atoms with Crippen molar-refractivity contribution in [2.75, 3.05) is 65.3 Å². The lowest BCUT2D eigenvalue weighted by atomic mass is 9.80. The number of hydrogen-bond donors (Lipinski definition) is 0. The molecule has 3 heterocycles. The molecule has 0 radical (unpaired) electrons. The molecular formula is C35H39ClN6O5S. The van der Waals surface area contributed by atoms with Gasteiger partial charge in [0.2, 0.25) is 5.91 Å². The number of sulfonamides is 1. The highest BCUT2D eigenvalue weighted by Crippen LogP contribution is 2.55.